The van der Waals surface area contributed by atoms with Crippen LogP contribution in [0.4, 0.5) is 0 Å². The lowest BCUT2D eigenvalue weighted by Gasteiger charge is -2.32. The van der Waals surface area contributed by atoms with E-state index in [1.54, 1.807) is 0 Å². The van der Waals surface area contributed by atoms with Gasteiger partial charge in [0.1, 0.15) is 0 Å². The minimum Gasteiger partial charge on any atom is -0.341 e. The molecular formula is C22H33N3O2. The molecule has 27 heavy (non-hydrogen) atoms. The molecule has 1 unspecified atom stereocenters. The standard InChI is InChI=1S/C22H33N3O2/c1-17(2)15-18-3-5-19(6-4-18)21(26)7-8-22(27)25-12-9-20(16-25)24-13-10-23-11-14-24/h3-6,17,20,23H,7-16H2,1-2H3. The van der Waals surface area contributed by atoms with Crippen molar-refractivity contribution in [3.8, 4) is 0 Å². The monoisotopic (exact) mass is 371 g/mol. The molecule has 0 radical (unpaired) electrons. The Morgan fingerprint density at radius 3 is 2.44 bits per heavy atom. The summed E-state index contributed by atoms with van der Waals surface area (Å²) in [4.78, 5) is 29.4. The molecular weight excluding hydrogens is 338 g/mol. The van der Waals surface area contributed by atoms with Crippen molar-refractivity contribution in [1.82, 2.24) is 15.1 Å². The Morgan fingerprint density at radius 1 is 1.07 bits per heavy atom. The summed E-state index contributed by atoms with van der Waals surface area (Å²) in [5.41, 5.74) is 1.98. The Hall–Kier alpha value is -1.72. The number of hydrogen-bond acceptors (Lipinski definition) is 4. The van der Waals surface area contributed by atoms with Crippen molar-refractivity contribution in [3.05, 3.63) is 35.4 Å². The van der Waals surface area contributed by atoms with Crippen LogP contribution in [0, 0.1) is 5.92 Å². The lowest BCUT2D eigenvalue weighted by atomic mass is 9.99. The molecule has 3 rings (SSSR count). The van der Waals surface area contributed by atoms with Gasteiger partial charge >= 0.3 is 0 Å². The number of amides is 1. The van der Waals surface area contributed by atoms with E-state index in [1.165, 1.54) is 5.56 Å². The normalized spacial score (nSPS) is 21.0. The van der Waals surface area contributed by atoms with E-state index in [0.29, 0.717) is 24.8 Å². The fourth-order valence-electron chi connectivity index (χ4n) is 4.13. The molecule has 1 N–H and O–H groups in total. The van der Waals surface area contributed by atoms with Gasteiger partial charge in [0.15, 0.2) is 5.78 Å². The van der Waals surface area contributed by atoms with E-state index >= 15 is 0 Å². The first-order chi connectivity index (χ1) is 13.0. The fraction of sp³-hybridized carbons (Fsp3) is 0.636. The number of Topliss-reactive ketones (excluding diaryl/α,β-unsaturated/α-hetero) is 1. The third-order valence-electron chi connectivity index (χ3n) is 5.67. The lowest BCUT2D eigenvalue weighted by Crippen LogP contribution is -2.49. The highest BCUT2D eigenvalue weighted by atomic mass is 16.2. The van der Waals surface area contributed by atoms with Crippen molar-refractivity contribution >= 4 is 11.7 Å². The average molecular weight is 372 g/mol. The van der Waals surface area contributed by atoms with Crippen LogP contribution in [0.2, 0.25) is 0 Å². The van der Waals surface area contributed by atoms with Gasteiger partial charge in [0.05, 0.1) is 0 Å². The van der Waals surface area contributed by atoms with Crippen LogP contribution in [-0.2, 0) is 11.2 Å². The Kier molecular flexibility index (Phi) is 7.02. The molecule has 1 atom stereocenters. The minimum atomic E-state index is 0.0669. The Bertz CT molecular complexity index is 635. The summed E-state index contributed by atoms with van der Waals surface area (Å²) in [5.74, 6) is 0.796. The molecule has 2 aliphatic rings. The first kappa shape index (κ1) is 20.0. The van der Waals surface area contributed by atoms with Crippen molar-refractivity contribution in [2.75, 3.05) is 39.3 Å². The van der Waals surface area contributed by atoms with E-state index in [-0.39, 0.29) is 11.7 Å². The molecule has 0 bridgehead atoms. The van der Waals surface area contributed by atoms with Crippen molar-refractivity contribution in [2.24, 2.45) is 5.92 Å². The van der Waals surface area contributed by atoms with Crippen LogP contribution < -0.4 is 5.32 Å². The second kappa shape index (κ2) is 9.47. The van der Waals surface area contributed by atoms with Crippen molar-refractivity contribution in [3.63, 3.8) is 0 Å². The van der Waals surface area contributed by atoms with E-state index in [0.717, 1.165) is 57.7 Å². The quantitative estimate of drug-likeness (QED) is 0.748. The van der Waals surface area contributed by atoms with Crippen molar-refractivity contribution in [1.29, 1.82) is 0 Å². The molecule has 148 valence electrons. The molecule has 0 spiro atoms. The number of likely N-dealkylation sites (tertiary alicyclic amines) is 1. The van der Waals surface area contributed by atoms with Crippen LogP contribution in [0.3, 0.4) is 0 Å². The summed E-state index contributed by atoms with van der Waals surface area (Å²) in [6.07, 6.45) is 2.70. The maximum atomic E-state index is 12.5. The number of benzene rings is 1. The highest BCUT2D eigenvalue weighted by Crippen LogP contribution is 2.18. The van der Waals surface area contributed by atoms with Gasteiger partial charge in [-0.25, -0.2) is 0 Å². The molecule has 1 aromatic carbocycles. The van der Waals surface area contributed by atoms with Gasteiger partial charge in [0.2, 0.25) is 5.91 Å². The highest BCUT2D eigenvalue weighted by Gasteiger charge is 2.30. The molecule has 5 nitrogen and oxygen atoms in total. The van der Waals surface area contributed by atoms with Crippen molar-refractivity contribution in [2.45, 2.75) is 45.6 Å². The maximum absolute atomic E-state index is 12.5. The van der Waals surface area contributed by atoms with E-state index in [1.807, 2.05) is 29.2 Å². The van der Waals surface area contributed by atoms with Crippen LogP contribution in [0.1, 0.15) is 49.0 Å². The summed E-state index contributed by atoms with van der Waals surface area (Å²) >= 11 is 0. The predicted octanol–water partition coefficient (Wildman–Crippen LogP) is 2.35. The Balaban J connectivity index is 1.44. The Morgan fingerprint density at radius 2 is 1.78 bits per heavy atom. The first-order valence-electron chi connectivity index (χ1n) is 10.4. The summed E-state index contributed by atoms with van der Waals surface area (Å²) < 4.78 is 0. The molecule has 0 aliphatic carbocycles. The van der Waals surface area contributed by atoms with Gasteiger partial charge in [-0.2, -0.15) is 0 Å². The third-order valence-corrected chi connectivity index (χ3v) is 5.67. The van der Waals surface area contributed by atoms with Gasteiger partial charge in [0.25, 0.3) is 0 Å². The van der Waals surface area contributed by atoms with Gasteiger partial charge in [-0.15, -0.1) is 0 Å². The number of carbonyl (C=O) groups is 2. The van der Waals surface area contributed by atoms with E-state index in [9.17, 15) is 9.59 Å². The first-order valence-corrected chi connectivity index (χ1v) is 10.4. The Labute approximate surface area is 163 Å². The lowest BCUT2D eigenvalue weighted by molar-refractivity contribution is -0.130. The van der Waals surface area contributed by atoms with Gasteiger partial charge in [-0.1, -0.05) is 38.1 Å². The summed E-state index contributed by atoms with van der Waals surface area (Å²) in [5, 5.41) is 3.37. The van der Waals surface area contributed by atoms with Crippen LogP contribution in [0.5, 0.6) is 0 Å². The second-order valence-electron chi connectivity index (χ2n) is 8.29. The smallest absolute Gasteiger partial charge is 0.223 e. The maximum Gasteiger partial charge on any atom is 0.223 e. The summed E-state index contributed by atoms with van der Waals surface area (Å²) in [7, 11) is 0. The molecule has 5 heteroatoms. The zero-order chi connectivity index (χ0) is 19.2. The van der Waals surface area contributed by atoms with Gasteiger partial charge in [-0.3, -0.25) is 14.5 Å². The third kappa shape index (κ3) is 5.63. The SMILES string of the molecule is CC(C)Cc1ccc(C(=O)CCC(=O)N2CCC(N3CCNCC3)C2)cc1. The summed E-state index contributed by atoms with van der Waals surface area (Å²) in [6, 6.07) is 8.36. The molecule has 0 aromatic heterocycles. The largest absolute Gasteiger partial charge is 0.341 e. The van der Waals surface area contributed by atoms with E-state index in [2.05, 4.69) is 24.1 Å². The van der Waals surface area contributed by atoms with Gasteiger partial charge < -0.3 is 10.2 Å². The van der Waals surface area contributed by atoms with Gasteiger partial charge in [0, 0.05) is 63.7 Å². The molecule has 0 saturated carbocycles. The number of carbonyl (C=O) groups excluding carboxylic acids is 2. The van der Waals surface area contributed by atoms with Gasteiger partial charge in [-0.05, 0) is 24.3 Å². The number of ketones is 1. The highest BCUT2D eigenvalue weighted by molar-refractivity contribution is 5.98. The molecule has 2 heterocycles. The number of piperazine rings is 1. The van der Waals surface area contributed by atoms with Crippen LogP contribution in [0.15, 0.2) is 24.3 Å². The zero-order valence-corrected chi connectivity index (χ0v) is 16.7. The number of rotatable bonds is 7. The van der Waals surface area contributed by atoms with E-state index < -0.39 is 0 Å². The summed E-state index contributed by atoms with van der Waals surface area (Å²) in [6.45, 7) is 10.2. The average Bonchev–Trinajstić information content (AvgIpc) is 3.17. The second-order valence-corrected chi connectivity index (χ2v) is 8.29. The molecule has 2 aliphatic heterocycles. The minimum absolute atomic E-state index is 0.0669. The number of hydrogen-bond donors (Lipinski definition) is 1. The molecule has 1 aromatic rings. The predicted molar refractivity (Wildman–Crippen MR) is 108 cm³/mol. The molecule has 1 amide bonds. The van der Waals surface area contributed by atoms with Crippen LogP contribution in [-0.4, -0.2) is 66.8 Å². The molecule has 2 fully saturated rings. The number of nitrogens with zero attached hydrogens (tertiary/aromatic N) is 2. The van der Waals surface area contributed by atoms with Crippen molar-refractivity contribution < 1.29 is 9.59 Å². The van der Waals surface area contributed by atoms with Crippen LogP contribution in [0.25, 0.3) is 0 Å². The number of nitrogens with one attached hydrogen (secondary N) is 1. The molecule has 2 saturated heterocycles. The topological polar surface area (TPSA) is 52.7 Å². The van der Waals surface area contributed by atoms with E-state index in [4.69, 9.17) is 0 Å². The van der Waals surface area contributed by atoms with Crippen LogP contribution >= 0.6 is 0 Å². The zero-order valence-electron chi connectivity index (χ0n) is 16.7. The fourth-order valence-corrected chi connectivity index (χ4v) is 4.13.